The smallest absolute Gasteiger partial charge is 0.417 e. The molecule has 0 unspecified atom stereocenters. The molecular formula is C9H8ClNO4. The maximum atomic E-state index is 11.0. The normalized spacial score (nSPS) is 10.6. The van der Waals surface area contributed by atoms with E-state index in [1.54, 1.807) is 6.07 Å². The van der Waals surface area contributed by atoms with Crippen molar-refractivity contribution in [2.75, 3.05) is 14.2 Å². The van der Waals surface area contributed by atoms with Gasteiger partial charge in [0, 0.05) is 0 Å². The molecule has 0 spiro atoms. The van der Waals surface area contributed by atoms with Crippen molar-refractivity contribution in [2.24, 2.45) is 0 Å². The molecule has 5 nitrogen and oxygen atoms in total. The minimum absolute atomic E-state index is 0.295. The number of halogens is 1. The van der Waals surface area contributed by atoms with Crippen LogP contribution in [0.1, 0.15) is 0 Å². The Morgan fingerprint density at radius 2 is 2.00 bits per heavy atom. The first-order chi connectivity index (χ1) is 7.17. The Kier molecular flexibility index (Phi) is 2.32. The zero-order valence-corrected chi connectivity index (χ0v) is 8.84. The monoisotopic (exact) mass is 229 g/mol. The maximum absolute atomic E-state index is 11.0. The fourth-order valence-electron chi connectivity index (χ4n) is 1.39. The third-order valence-corrected chi connectivity index (χ3v) is 2.27. The topological polar surface area (TPSA) is 64.5 Å². The first kappa shape index (κ1) is 9.92. The van der Waals surface area contributed by atoms with Crippen LogP contribution in [0.15, 0.2) is 15.3 Å². The summed E-state index contributed by atoms with van der Waals surface area (Å²) in [5.41, 5.74) is 0.770. The number of rotatable bonds is 2. The van der Waals surface area contributed by atoms with E-state index in [-0.39, 0.29) is 0 Å². The molecule has 0 aliphatic rings. The number of hydrogen-bond acceptors (Lipinski definition) is 4. The average Bonchev–Trinajstić information content (AvgIpc) is 2.55. The van der Waals surface area contributed by atoms with Gasteiger partial charge >= 0.3 is 5.76 Å². The van der Waals surface area contributed by atoms with Gasteiger partial charge in [0.25, 0.3) is 0 Å². The highest BCUT2D eigenvalue weighted by Crippen LogP contribution is 2.40. The molecule has 1 N–H and O–H groups in total. The molecule has 0 fully saturated rings. The van der Waals surface area contributed by atoms with Gasteiger partial charge in [0.2, 0.25) is 11.3 Å². The SMILES string of the molecule is COc1c(Cl)cc2[nH]c(=O)oc2c1OC. The van der Waals surface area contributed by atoms with Gasteiger partial charge in [-0.1, -0.05) is 11.6 Å². The second kappa shape index (κ2) is 3.51. The van der Waals surface area contributed by atoms with Crippen molar-refractivity contribution in [1.29, 1.82) is 0 Å². The molecule has 1 aromatic heterocycles. The van der Waals surface area contributed by atoms with Gasteiger partial charge in [-0.2, -0.15) is 0 Å². The maximum Gasteiger partial charge on any atom is 0.417 e. The van der Waals surface area contributed by atoms with E-state index in [0.29, 0.717) is 27.6 Å². The quantitative estimate of drug-likeness (QED) is 0.853. The zero-order chi connectivity index (χ0) is 11.0. The molecule has 0 aliphatic heterocycles. The lowest BCUT2D eigenvalue weighted by Crippen LogP contribution is -1.92. The van der Waals surface area contributed by atoms with E-state index in [2.05, 4.69) is 4.98 Å². The lowest BCUT2D eigenvalue weighted by molar-refractivity contribution is 0.353. The lowest BCUT2D eigenvalue weighted by atomic mass is 10.3. The van der Waals surface area contributed by atoms with Gasteiger partial charge in [-0.05, 0) is 6.07 Å². The fourth-order valence-corrected chi connectivity index (χ4v) is 1.66. The molecule has 0 bridgehead atoms. The Labute approximate surface area is 89.5 Å². The molecule has 80 valence electrons. The molecule has 2 rings (SSSR count). The summed E-state index contributed by atoms with van der Waals surface area (Å²) >= 11 is 5.93. The van der Waals surface area contributed by atoms with Crippen LogP contribution < -0.4 is 15.2 Å². The van der Waals surface area contributed by atoms with Crippen molar-refractivity contribution in [3.8, 4) is 11.5 Å². The van der Waals surface area contributed by atoms with Gasteiger partial charge in [-0.25, -0.2) is 4.79 Å². The van der Waals surface area contributed by atoms with Crippen LogP contribution in [-0.4, -0.2) is 19.2 Å². The average molecular weight is 230 g/mol. The number of aromatic nitrogens is 1. The van der Waals surface area contributed by atoms with Crippen LogP contribution >= 0.6 is 11.6 Å². The molecule has 0 atom stereocenters. The zero-order valence-electron chi connectivity index (χ0n) is 8.09. The van der Waals surface area contributed by atoms with Gasteiger partial charge in [0.05, 0.1) is 24.8 Å². The number of H-pyrrole nitrogens is 1. The summed E-state index contributed by atoms with van der Waals surface area (Å²) in [6.07, 6.45) is 0. The first-order valence-electron chi connectivity index (χ1n) is 4.10. The van der Waals surface area contributed by atoms with Crippen LogP contribution in [0.2, 0.25) is 5.02 Å². The summed E-state index contributed by atoms with van der Waals surface area (Å²) in [5.74, 6) is 0.0837. The lowest BCUT2D eigenvalue weighted by Gasteiger charge is -2.08. The van der Waals surface area contributed by atoms with Crippen LogP contribution in [0.4, 0.5) is 0 Å². The van der Waals surface area contributed by atoms with Crippen molar-refractivity contribution < 1.29 is 13.9 Å². The van der Waals surface area contributed by atoms with Crippen LogP contribution in [0.3, 0.4) is 0 Å². The van der Waals surface area contributed by atoms with Gasteiger partial charge in [-0.15, -0.1) is 0 Å². The molecule has 0 aliphatic carbocycles. The van der Waals surface area contributed by atoms with E-state index in [4.69, 9.17) is 25.5 Å². The second-order valence-electron chi connectivity index (χ2n) is 2.82. The van der Waals surface area contributed by atoms with E-state index < -0.39 is 5.76 Å². The molecule has 15 heavy (non-hydrogen) atoms. The molecular weight excluding hydrogens is 222 g/mol. The minimum atomic E-state index is -0.562. The number of methoxy groups -OCH3 is 2. The Hall–Kier alpha value is -1.62. The standard InChI is InChI=1S/C9H8ClNO4/c1-13-6-4(10)3-5-7(8(6)14-2)15-9(12)11-5/h3H,1-2H3,(H,11,12). The van der Waals surface area contributed by atoms with Crippen LogP contribution in [0, 0.1) is 0 Å². The Morgan fingerprint density at radius 1 is 1.33 bits per heavy atom. The van der Waals surface area contributed by atoms with Crippen molar-refractivity contribution in [2.45, 2.75) is 0 Å². The largest absolute Gasteiger partial charge is 0.491 e. The number of nitrogens with one attached hydrogen (secondary N) is 1. The summed E-state index contributed by atoms with van der Waals surface area (Å²) in [4.78, 5) is 13.5. The molecule has 1 heterocycles. The molecule has 0 amide bonds. The van der Waals surface area contributed by atoms with E-state index in [1.807, 2.05) is 0 Å². The van der Waals surface area contributed by atoms with E-state index in [1.165, 1.54) is 14.2 Å². The third kappa shape index (κ3) is 1.45. The molecule has 6 heteroatoms. The summed E-state index contributed by atoms with van der Waals surface area (Å²) in [6.45, 7) is 0. The van der Waals surface area contributed by atoms with E-state index in [0.717, 1.165) is 0 Å². The van der Waals surface area contributed by atoms with Crippen molar-refractivity contribution in [3.63, 3.8) is 0 Å². The Balaban J connectivity index is 2.89. The molecule has 2 aromatic rings. The second-order valence-corrected chi connectivity index (χ2v) is 3.22. The van der Waals surface area contributed by atoms with Gasteiger partial charge in [-0.3, -0.25) is 4.98 Å². The summed E-state index contributed by atoms with van der Waals surface area (Å²) in [7, 11) is 2.90. The van der Waals surface area contributed by atoms with Crippen LogP contribution in [0.25, 0.3) is 11.1 Å². The molecule has 0 radical (unpaired) electrons. The van der Waals surface area contributed by atoms with Crippen LogP contribution in [-0.2, 0) is 0 Å². The highest BCUT2D eigenvalue weighted by Gasteiger charge is 2.17. The predicted molar refractivity (Wildman–Crippen MR) is 54.9 cm³/mol. The number of oxazole rings is 1. The number of hydrogen-bond donors (Lipinski definition) is 1. The van der Waals surface area contributed by atoms with Crippen molar-refractivity contribution in [1.82, 2.24) is 4.98 Å². The summed E-state index contributed by atoms with van der Waals surface area (Å²) < 4.78 is 15.0. The van der Waals surface area contributed by atoms with E-state index in [9.17, 15) is 4.79 Å². The van der Waals surface area contributed by atoms with Gasteiger partial charge in [0.15, 0.2) is 5.75 Å². The van der Waals surface area contributed by atoms with E-state index >= 15 is 0 Å². The fraction of sp³-hybridized carbons (Fsp3) is 0.222. The van der Waals surface area contributed by atoms with Gasteiger partial charge in [0.1, 0.15) is 0 Å². The molecule has 1 aromatic carbocycles. The summed E-state index contributed by atoms with van der Waals surface area (Å²) in [6, 6.07) is 1.54. The minimum Gasteiger partial charge on any atom is -0.491 e. The highest BCUT2D eigenvalue weighted by atomic mass is 35.5. The van der Waals surface area contributed by atoms with Gasteiger partial charge < -0.3 is 13.9 Å². The summed E-state index contributed by atoms with van der Waals surface area (Å²) in [5, 5.41) is 0.346. The van der Waals surface area contributed by atoms with Crippen molar-refractivity contribution >= 4 is 22.7 Å². The number of ether oxygens (including phenoxy) is 2. The first-order valence-corrected chi connectivity index (χ1v) is 4.48. The van der Waals surface area contributed by atoms with Crippen LogP contribution in [0.5, 0.6) is 11.5 Å². The number of fused-ring (bicyclic) bond motifs is 1. The molecule has 0 saturated carbocycles. The predicted octanol–water partition coefficient (Wildman–Crippen LogP) is 1.79. The Morgan fingerprint density at radius 3 is 2.60 bits per heavy atom. The van der Waals surface area contributed by atoms with Crippen molar-refractivity contribution in [3.05, 3.63) is 21.6 Å². The highest BCUT2D eigenvalue weighted by molar-refractivity contribution is 6.33. The molecule has 0 saturated heterocycles. The number of benzene rings is 1. The number of aromatic amines is 1. The third-order valence-electron chi connectivity index (χ3n) is 1.98. The Bertz CT molecular complexity index is 557.